The van der Waals surface area contributed by atoms with Crippen molar-refractivity contribution in [3.63, 3.8) is 0 Å². The van der Waals surface area contributed by atoms with E-state index in [1.54, 1.807) is 0 Å². The van der Waals surface area contributed by atoms with Crippen LogP contribution in [0.1, 0.15) is 41.0 Å². The highest BCUT2D eigenvalue weighted by Crippen LogP contribution is 2.21. The van der Waals surface area contributed by atoms with E-state index in [1.165, 1.54) is 11.8 Å². The molecule has 15 heavy (non-hydrogen) atoms. The Kier molecular flexibility index (Phi) is 5.75. The second-order valence-electron chi connectivity index (χ2n) is 4.48. The second kappa shape index (κ2) is 6.02. The molecule has 0 aliphatic rings. The third kappa shape index (κ3) is 7.27. The summed E-state index contributed by atoms with van der Waals surface area (Å²) in [6.45, 7) is 13.8. The number of Topliss-reactive ketones (excluding diaryl/α,β-unsaturated/α-hetero) is 1. The number of carbonyl (C=O) groups is 1. The van der Waals surface area contributed by atoms with Gasteiger partial charge in [0, 0.05) is 16.7 Å². The number of allylic oxidation sites excluding steroid dienone is 1. The van der Waals surface area contributed by atoms with E-state index in [9.17, 15) is 4.79 Å². The van der Waals surface area contributed by atoms with Crippen LogP contribution in [0.5, 0.6) is 0 Å². The Bertz CT molecular complexity index is 299. The van der Waals surface area contributed by atoms with Crippen molar-refractivity contribution in [3.8, 4) is 11.8 Å². The van der Waals surface area contributed by atoms with Crippen LogP contribution >= 0.6 is 11.8 Å². The van der Waals surface area contributed by atoms with Gasteiger partial charge in [-0.2, -0.15) is 0 Å². The highest BCUT2D eigenvalue weighted by Gasteiger charge is 2.09. The van der Waals surface area contributed by atoms with Crippen molar-refractivity contribution >= 4 is 17.5 Å². The van der Waals surface area contributed by atoms with Gasteiger partial charge in [0.1, 0.15) is 0 Å². The van der Waals surface area contributed by atoms with Crippen molar-refractivity contribution in [1.82, 2.24) is 0 Å². The van der Waals surface area contributed by atoms with Gasteiger partial charge in [-0.3, -0.25) is 4.79 Å². The normalized spacial score (nSPS) is 12.6. The van der Waals surface area contributed by atoms with Crippen LogP contribution in [0.25, 0.3) is 0 Å². The van der Waals surface area contributed by atoms with Gasteiger partial charge in [-0.1, -0.05) is 25.3 Å². The molecular formula is C13H20OS. The van der Waals surface area contributed by atoms with Gasteiger partial charge >= 0.3 is 0 Å². The average molecular weight is 224 g/mol. The molecule has 0 aromatic rings. The van der Waals surface area contributed by atoms with Gasteiger partial charge in [-0.15, -0.1) is 11.8 Å². The summed E-state index contributed by atoms with van der Waals surface area (Å²) in [5, 5.41) is 0.132. The molecule has 1 nitrogen and oxygen atoms in total. The first kappa shape index (κ1) is 14.3. The van der Waals surface area contributed by atoms with E-state index in [4.69, 9.17) is 0 Å². The maximum atomic E-state index is 11.3. The van der Waals surface area contributed by atoms with Crippen molar-refractivity contribution in [1.29, 1.82) is 0 Å². The standard InChI is InChI=1S/C13H20OS/c1-7-12(14)11(3)15-10(2)8-9-13(4,5)6/h10H,3,7H2,1-2,4-6H3. The third-order valence-corrected chi connectivity index (χ3v) is 2.59. The first-order chi connectivity index (χ1) is 6.76. The molecule has 0 aliphatic heterocycles. The van der Waals surface area contributed by atoms with E-state index in [1.807, 2.05) is 13.8 Å². The second-order valence-corrected chi connectivity index (χ2v) is 5.91. The Hall–Kier alpha value is -0.680. The van der Waals surface area contributed by atoms with E-state index in [-0.39, 0.29) is 16.4 Å². The third-order valence-electron chi connectivity index (χ3n) is 1.60. The van der Waals surface area contributed by atoms with Gasteiger partial charge < -0.3 is 0 Å². The number of hydrogen-bond donors (Lipinski definition) is 0. The lowest BCUT2D eigenvalue weighted by molar-refractivity contribution is -0.114. The van der Waals surface area contributed by atoms with Gasteiger partial charge in [0.15, 0.2) is 5.78 Å². The van der Waals surface area contributed by atoms with Crippen LogP contribution in [0.2, 0.25) is 0 Å². The van der Waals surface area contributed by atoms with Crippen LogP contribution in [0, 0.1) is 17.3 Å². The van der Waals surface area contributed by atoms with E-state index < -0.39 is 0 Å². The molecule has 1 atom stereocenters. The molecule has 0 saturated heterocycles. The number of rotatable bonds is 4. The van der Waals surface area contributed by atoms with Crippen molar-refractivity contribution in [3.05, 3.63) is 11.5 Å². The summed E-state index contributed by atoms with van der Waals surface area (Å²) < 4.78 is 0. The van der Waals surface area contributed by atoms with E-state index >= 15 is 0 Å². The van der Waals surface area contributed by atoms with Crippen LogP contribution in [-0.4, -0.2) is 11.0 Å². The van der Waals surface area contributed by atoms with Crippen molar-refractivity contribution < 1.29 is 4.79 Å². The molecule has 2 heteroatoms. The summed E-state index contributed by atoms with van der Waals surface area (Å²) in [6.07, 6.45) is 0.519. The monoisotopic (exact) mass is 224 g/mol. The number of ketones is 1. The molecule has 0 fully saturated rings. The van der Waals surface area contributed by atoms with Crippen LogP contribution < -0.4 is 0 Å². The maximum absolute atomic E-state index is 11.3. The number of thioether (sulfide) groups is 1. The highest BCUT2D eigenvalue weighted by atomic mass is 32.2. The molecule has 0 amide bonds. The fraction of sp³-hybridized carbons (Fsp3) is 0.615. The van der Waals surface area contributed by atoms with Crippen LogP contribution in [0.4, 0.5) is 0 Å². The van der Waals surface area contributed by atoms with Gasteiger partial charge in [0.2, 0.25) is 0 Å². The van der Waals surface area contributed by atoms with Crippen LogP contribution in [-0.2, 0) is 4.79 Å². The molecule has 0 aromatic carbocycles. The summed E-state index contributed by atoms with van der Waals surface area (Å²) in [5.74, 6) is 6.41. The number of carbonyl (C=O) groups excluding carboxylic acids is 1. The smallest absolute Gasteiger partial charge is 0.168 e. The highest BCUT2D eigenvalue weighted by molar-refractivity contribution is 8.04. The lowest BCUT2D eigenvalue weighted by atomic mass is 9.98. The Morgan fingerprint density at radius 1 is 1.47 bits per heavy atom. The molecule has 84 valence electrons. The summed E-state index contributed by atoms with van der Waals surface area (Å²) in [5.41, 5.74) is 0.0188. The lowest BCUT2D eigenvalue weighted by Gasteiger charge is -2.09. The molecular weight excluding hydrogens is 204 g/mol. The molecule has 0 radical (unpaired) electrons. The summed E-state index contributed by atoms with van der Waals surface area (Å²) in [6, 6.07) is 0. The minimum absolute atomic E-state index is 0.0188. The summed E-state index contributed by atoms with van der Waals surface area (Å²) >= 11 is 1.46. The van der Waals surface area contributed by atoms with Crippen molar-refractivity contribution in [2.75, 3.05) is 0 Å². The molecule has 0 aromatic heterocycles. The van der Waals surface area contributed by atoms with Gasteiger partial charge in [0.05, 0.1) is 5.25 Å². The Morgan fingerprint density at radius 3 is 2.40 bits per heavy atom. The summed E-state index contributed by atoms with van der Waals surface area (Å²) in [7, 11) is 0. The molecule has 0 saturated carbocycles. The molecule has 0 N–H and O–H groups in total. The average Bonchev–Trinajstić information content (AvgIpc) is 2.12. The predicted octanol–water partition coefficient (Wildman–Crippen LogP) is 3.65. The quantitative estimate of drug-likeness (QED) is 0.535. The van der Waals surface area contributed by atoms with E-state index in [0.29, 0.717) is 11.3 Å². The van der Waals surface area contributed by atoms with E-state index in [0.717, 1.165) is 0 Å². The number of hydrogen-bond acceptors (Lipinski definition) is 2. The zero-order valence-electron chi connectivity index (χ0n) is 10.3. The van der Waals surface area contributed by atoms with E-state index in [2.05, 4.69) is 39.2 Å². The molecule has 0 heterocycles. The Morgan fingerprint density at radius 2 is 2.00 bits per heavy atom. The largest absolute Gasteiger partial charge is 0.294 e. The van der Waals surface area contributed by atoms with Gasteiger partial charge in [-0.25, -0.2) is 0 Å². The summed E-state index contributed by atoms with van der Waals surface area (Å²) in [4.78, 5) is 11.9. The van der Waals surface area contributed by atoms with Crippen LogP contribution in [0.15, 0.2) is 11.5 Å². The SMILES string of the molecule is C=C(SC(C)C#CC(C)(C)C)C(=O)CC. The molecule has 0 aliphatic carbocycles. The molecule has 1 unspecified atom stereocenters. The first-order valence-electron chi connectivity index (χ1n) is 5.17. The fourth-order valence-electron chi connectivity index (χ4n) is 0.824. The Balaban J connectivity index is 4.25. The molecule has 0 spiro atoms. The minimum Gasteiger partial charge on any atom is -0.294 e. The topological polar surface area (TPSA) is 17.1 Å². The maximum Gasteiger partial charge on any atom is 0.168 e. The lowest BCUT2D eigenvalue weighted by Crippen LogP contribution is -2.03. The fourth-order valence-corrected chi connectivity index (χ4v) is 1.64. The zero-order valence-corrected chi connectivity index (χ0v) is 11.1. The van der Waals surface area contributed by atoms with Gasteiger partial charge in [-0.05, 0) is 27.7 Å². The predicted molar refractivity (Wildman–Crippen MR) is 68.7 cm³/mol. The molecule has 0 bridgehead atoms. The van der Waals surface area contributed by atoms with Crippen molar-refractivity contribution in [2.45, 2.75) is 46.3 Å². The van der Waals surface area contributed by atoms with Crippen molar-refractivity contribution in [2.24, 2.45) is 5.41 Å². The van der Waals surface area contributed by atoms with Crippen LogP contribution in [0.3, 0.4) is 0 Å². The molecule has 0 rings (SSSR count). The first-order valence-corrected chi connectivity index (χ1v) is 6.05. The van der Waals surface area contributed by atoms with Gasteiger partial charge in [0.25, 0.3) is 0 Å². The minimum atomic E-state index is 0.0188. The Labute approximate surface area is 97.7 Å². The zero-order chi connectivity index (χ0) is 12.1.